The van der Waals surface area contributed by atoms with Crippen LogP contribution in [0, 0.1) is 0 Å². The van der Waals surface area contributed by atoms with E-state index in [1.165, 1.54) is 6.07 Å². The third-order valence-corrected chi connectivity index (χ3v) is 1.49. The maximum Gasteiger partial charge on any atom is 0.364 e. The number of carboxylic acid groups (broad SMARTS) is 1. The molecule has 0 aliphatic heterocycles. The van der Waals surface area contributed by atoms with E-state index in [0.29, 0.717) is 4.67 Å². The van der Waals surface area contributed by atoms with E-state index in [-0.39, 0.29) is 5.76 Å². The van der Waals surface area contributed by atoms with Crippen molar-refractivity contribution in [2.75, 3.05) is 0 Å². The van der Waals surface area contributed by atoms with Crippen molar-refractivity contribution < 1.29 is 18.7 Å². The molecule has 1 aromatic heterocycles. The first-order chi connectivity index (χ1) is 5.59. The Kier molecular flexibility index (Phi) is 2.65. The number of hydrogen-bond donors (Lipinski definition) is 1. The van der Waals surface area contributed by atoms with Gasteiger partial charge >= 0.3 is 5.97 Å². The molecule has 0 aromatic carbocycles. The van der Waals surface area contributed by atoms with Gasteiger partial charge in [-0.25, -0.2) is 4.79 Å². The predicted octanol–water partition coefficient (Wildman–Crippen LogP) is 2.44. The second kappa shape index (κ2) is 3.53. The Hall–Kier alpha value is -1.10. The first kappa shape index (κ1) is 8.99. The van der Waals surface area contributed by atoms with Crippen LogP contribution in [0.15, 0.2) is 27.0 Å². The Bertz CT molecular complexity index is 329. The van der Waals surface area contributed by atoms with Crippen molar-refractivity contribution >= 4 is 28.0 Å². The zero-order chi connectivity index (χ0) is 9.14. The molecule has 1 N–H and O–H groups in total. The molecule has 0 spiro atoms. The molecule has 1 rings (SSSR count). The van der Waals surface area contributed by atoms with Gasteiger partial charge in [0.15, 0.2) is 4.67 Å². The number of hydrogen-bond acceptors (Lipinski definition) is 2. The van der Waals surface area contributed by atoms with Crippen molar-refractivity contribution in [3.8, 4) is 0 Å². The molecule has 0 saturated heterocycles. The minimum Gasteiger partial charge on any atom is -0.476 e. The monoisotopic (exact) mass is 234 g/mol. The van der Waals surface area contributed by atoms with Crippen LogP contribution in [-0.2, 0) is 4.79 Å². The Morgan fingerprint density at radius 3 is 2.75 bits per heavy atom. The summed E-state index contributed by atoms with van der Waals surface area (Å²) >= 11 is 2.99. The van der Waals surface area contributed by atoms with Crippen molar-refractivity contribution in [3.05, 3.63) is 28.4 Å². The third-order valence-electron chi connectivity index (χ3n) is 1.07. The van der Waals surface area contributed by atoms with E-state index in [0.717, 1.165) is 6.08 Å². The molecular formula is C7H4BrFO3. The molecule has 0 radical (unpaired) electrons. The van der Waals surface area contributed by atoms with Crippen LogP contribution in [0.2, 0.25) is 0 Å². The van der Waals surface area contributed by atoms with Gasteiger partial charge in [0, 0.05) is 6.08 Å². The summed E-state index contributed by atoms with van der Waals surface area (Å²) in [5.74, 6) is -2.71. The van der Waals surface area contributed by atoms with Crippen LogP contribution in [0.1, 0.15) is 5.76 Å². The number of carbonyl (C=O) groups is 1. The minimum absolute atomic E-state index is 0.154. The van der Waals surface area contributed by atoms with E-state index < -0.39 is 11.8 Å². The van der Waals surface area contributed by atoms with E-state index in [1.807, 2.05) is 0 Å². The fraction of sp³-hybridized carbons (Fsp3) is 0. The number of halogens is 2. The standard InChI is InChI=1S/C7H4BrFO3/c8-6-2-1-4(12-6)3-5(9)7(10)11/h1-3H,(H,10,11)/b5-3-. The third kappa shape index (κ3) is 2.20. The average Bonchev–Trinajstić information content (AvgIpc) is 2.35. The van der Waals surface area contributed by atoms with Gasteiger partial charge in [0.05, 0.1) is 0 Å². The summed E-state index contributed by atoms with van der Waals surface area (Å²) in [5, 5.41) is 8.15. The number of furan rings is 1. The van der Waals surface area contributed by atoms with Crippen molar-refractivity contribution in [3.63, 3.8) is 0 Å². The Labute approximate surface area is 75.6 Å². The highest BCUT2D eigenvalue weighted by Crippen LogP contribution is 2.16. The first-order valence-electron chi connectivity index (χ1n) is 2.95. The van der Waals surface area contributed by atoms with E-state index in [1.54, 1.807) is 6.07 Å². The van der Waals surface area contributed by atoms with Crippen LogP contribution in [0.3, 0.4) is 0 Å². The summed E-state index contributed by atoms with van der Waals surface area (Å²) in [6.45, 7) is 0. The molecule has 0 atom stereocenters. The molecule has 1 aromatic rings. The van der Waals surface area contributed by atoms with Gasteiger partial charge in [-0.2, -0.15) is 4.39 Å². The summed E-state index contributed by atoms with van der Waals surface area (Å²) in [6.07, 6.45) is 0.799. The molecule has 12 heavy (non-hydrogen) atoms. The fourth-order valence-corrected chi connectivity index (χ4v) is 0.912. The SMILES string of the molecule is O=C(O)/C(F)=C/c1ccc(Br)o1. The molecule has 0 fully saturated rings. The lowest BCUT2D eigenvalue weighted by molar-refractivity contribution is -0.134. The van der Waals surface area contributed by atoms with Gasteiger partial charge in [-0.15, -0.1) is 0 Å². The number of rotatable bonds is 2. The van der Waals surface area contributed by atoms with Gasteiger partial charge in [-0.3, -0.25) is 0 Å². The fourth-order valence-electron chi connectivity index (χ4n) is 0.592. The van der Waals surface area contributed by atoms with Crippen molar-refractivity contribution in [1.82, 2.24) is 0 Å². The lowest BCUT2D eigenvalue weighted by atomic mass is 10.4. The van der Waals surface area contributed by atoms with Crippen LogP contribution in [-0.4, -0.2) is 11.1 Å². The van der Waals surface area contributed by atoms with Gasteiger partial charge in [0.2, 0.25) is 5.83 Å². The first-order valence-corrected chi connectivity index (χ1v) is 3.74. The topological polar surface area (TPSA) is 50.4 Å². The molecular weight excluding hydrogens is 231 g/mol. The maximum atomic E-state index is 12.4. The Morgan fingerprint density at radius 1 is 1.67 bits per heavy atom. The Morgan fingerprint density at radius 2 is 2.33 bits per heavy atom. The zero-order valence-electron chi connectivity index (χ0n) is 5.75. The molecule has 0 amide bonds. The van der Waals surface area contributed by atoms with E-state index in [4.69, 9.17) is 9.52 Å². The highest BCUT2D eigenvalue weighted by Gasteiger charge is 2.06. The average molecular weight is 235 g/mol. The van der Waals surface area contributed by atoms with Crippen molar-refractivity contribution in [2.45, 2.75) is 0 Å². The van der Waals surface area contributed by atoms with Crippen LogP contribution in [0.4, 0.5) is 4.39 Å². The van der Waals surface area contributed by atoms with Gasteiger partial charge in [-0.05, 0) is 28.1 Å². The van der Waals surface area contributed by atoms with Crippen molar-refractivity contribution in [2.24, 2.45) is 0 Å². The Balaban J connectivity index is 2.87. The lowest BCUT2D eigenvalue weighted by Crippen LogP contribution is -1.93. The van der Waals surface area contributed by atoms with E-state index >= 15 is 0 Å². The van der Waals surface area contributed by atoms with Crippen LogP contribution in [0.5, 0.6) is 0 Å². The highest BCUT2D eigenvalue weighted by molar-refractivity contribution is 9.10. The lowest BCUT2D eigenvalue weighted by Gasteiger charge is -1.86. The molecule has 0 bridgehead atoms. The summed E-state index contributed by atoms with van der Waals surface area (Å²) in [4.78, 5) is 10.0. The molecule has 64 valence electrons. The summed E-state index contributed by atoms with van der Waals surface area (Å²) < 4.78 is 17.7. The molecule has 0 aliphatic carbocycles. The second-order valence-corrected chi connectivity index (χ2v) is 2.72. The molecule has 0 aliphatic rings. The summed E-state index contributed by atoms with van der Waals surface area (Å²) in [7, 11) is 0. The largest absolute Gasteiger partial charge is 0.476 e. The molecule has 5 heteroatoms. The number of carboxylic acids is 1. The van der Waals surface area contributed by atoms with E-state index in [2.05, 4.69) is 15.9 Å². The molecule has 0 unspecified atom stereocenters. The zero-order valence-corrected chi connectivity index (χ0v) is 7.34. The van der Waals surface area contributed by atoms with Gasteiger partial charge < -0.3 is 9.52 Å². The van der Waals surface area contributed by atoms with Crippen LogP contribution in [0.25, 0.3) is 6.08 Å². The normalized spacial score (nSPS) is 11.7. The van der Waals surface area contributed by atoms with Crippen LogP contribution < -0.4 is 0 Å². The quantitative estimate of drug-likeness (QED) is 0.800. The summed E-state index contributed by atoms with van der Waals surface area (Å²) in [5.41, 5.74) is 0. The molecule has 0 saturated carbocycles. The van der Waals surface area contributed by atoms with Crippen LogP contribution >= 0.6 is 15.9 Å². The number of aliphatic carboxylic acids is 1. The van der Waals surface area contributed by atoms with Gasteiger partial charge in [-0.1, -0.05) is 0 Å². The van der Waals surface area contributed by atoms with Crippen molar-refractivity contribution in [1.29, 1.82) is 0 Å². The molecule has 1 heterocycles. The maximum absolute atomic E-state index is 12.4. The summed E-state index contributed by atoms with van der Waals surface area (Å²) in [6, 6.07) is 2.99. The van der Waals surface area contributed by atoms with Gasteiger partial charge in [0.1, 0.15) is 5.76 Å². The minimum atomic E-state index is -1.61. The van der Waals surface area contributed by atoms with Gasteiger partial charge in [0.25, 0.3) is 0 Å². The predicted molar refractivity (Wildman–Crippen MR) is 43.1 cm³/mol. The smallest absolute Gasteiger partial charge is 0.364 e. The highest BCUT2D eigenvalue weighted by atomic mass is 79.9. The van der Waals surface area contributed by atoms with E-state index in [9.17, 15) is 9.18 Å². The molecule has 3 nitrogen and oxygen atoms in total. The second-order valence-electron chi connectivity index (χ2n) is 1.94.